The minimum absolute atomic E-state index is 0.00126. The number of hydrogen-bond donors (Lipinski definition) is 3. The Bertz CT molecular complexity index is 784. The maximum Gasteiger partial charge on any atom is 0.376 e. The van der Waals surface area contributed by atoms with Crippen LogP contribution in [0.5, 0.6) is 0 Å². The Kier molecular flexibility index (Phi) is 4.75. The molecule has 0 radical (unpaired) electrons. The van der Waals surface area contributed by atoms with Gasteiger partial charge in [-0.25, -0.2) is 4.79 Å². The Hall–Kier alpha value is -3.15. The molecule has 0 atom stereocenters. The zero-order valence-electron chi connectivity index (χ0n) is 12.4. The van der Waals surface area contributed by atoms with Gasteiger partial charge >= 0.3 is 5.97 Å². The van der Waals surface area contributed by atoms with Crippen LogP contribution in [0, 0.1) is 0 Å². The summed E-state index contributed by atoms with van der Waals surface area (Å²) in [5.41, 5.74) is 2.72. The highest BCUT2D eigenvalue weighted by Crippen LogP contribution is 2.16. The predicted octanol–water partition coefficient (Wildman–Crippen LogP) is 2.36. The third-order valence-electron chi connectivity index (χ3n) is 3.27. The molecule has 6 nitrogen and oxygen atoms in total. The quantitative estimate of drug-likeness (QED) is 0.328. The number of rotatable bonds is 6. The van der Waals surface area contributed by atoms with E-state index >= 15 is 0 Å². The molecule has 0 fully saturated rings. The lowest BCUT2D eigenvalue weighted by Gasteiger charge is -2.00. The summed E-state index contributed by atoms with van der Waals surface area (Å²) in [4.78, 5) is 35.5. The summed E-state index contributed by atoms with van der Waals surface area (Å²) >= 11 is 0. The third kappa shape index (κ3) is 4.16. The molecule has 118 valence electrons. The Morgan fingerprint density at radius 1 is 1.09 bits per heavy atom. The molecule has 2 aromatic rings. The van der Waals surface area contributed by atoms with Crippen LogP contribution < -0.4 is 0 Å². The lowest BCUT2D eigenvalue weighted by molar-refractivity contribution is -0.146. The Balaban J connectivity index is 2.11. The van der Waals surface area contributed by atoms with Crippen molar-refractivity contribution in [2.75, 3.05) is 0 Å². The first kappa shape index (κ1) is 16.2. The maximum atomic E-state index is 11.2. The fourth-order valence-corrected chi connectivity index (χ4v) is 2.05. The highest BCUT2D eigenvalue weighted by Gasteiger charge is 2.12. The van der Waals surface area contributed by atoms with Crippen molar-refractivity contribution in [2.45, 2.75) is 13.3 Å². The summed E-state index contributed by atoms with van der Waals surface area (Å²) in [6.45, 7) is 1.50. The van der Waals surface area contributed by atoms with Gasteiger partial charge in [0.1, 0.15) is 5.76 Å². The number of carboxylic acids is 1. The molecule has 6 heteroatoms. The van der Waals surface area contributed by atoms with Gasteiger partial charge in [-0.2, -0.15) is 0 Å². The SMILES string of the molecule is CC(=O)c1ccc(Cc2c[nH]c(C(O)=CC(=O)C(=O)O)c2)cc1. The number of hydrogen-bond acceptors (Lipinski definition) is 4. The molecule has 0 unspecified atom stereocenters. The number of aliphatic hydroxyl groups excluding tert-OH is 1. The van der Waals surface area contributed by atoms with E-state index in [1.165, 1.54) is 6.92 Å². The number of aromatic nitrogens is 1. The minimum Gasteiger partial charge on any atom is -0.506 e. The molecule has 2 rings (SSSR count). The standard InChI is InChI=1S/C17H15NO5/c1-10(19)13-4-2-11(3-5-13)6-12-7-14(18-9-12)15(20)8-16(21)17(22)23/h2-5,7-9,18,20H,6H2,1H3,(H,22,23). The zero-order valence-corrected chi connectivity index (χ0v) is 12.4. The average Bonchev–Trinajstić information content (AvgIpc) is 2.96. The van der Waals surface area contributed by atoms with Crippen molar-refractivity contribution in [3.8, 4) is 0 Å². The van der Waals surface area contributed by atoms with Crippen LogP contribution in [-0.4, -0.2) is 32.7 Å². The number of benzene rings is 1. The molecule has 1 heterocycles. The first-order valence-corrected chi connectivity index (χ1v) is 6.82. The molecule has 0 saturated heterocycles. The number of aliphatic carboxylic acids is 1. The van der Waals surface area contributed by atoms with Crippen molar-refractivity contribution < 1.29 is 24.6 Å². The molecular weight excluding hydrogens is 298 g/mol. The molecule has 0 saturated carbocycles. The van der Waals surface area contributed by atoms with Gasteiger partial charge in [-0.15, -0.1) is 0 Å². The van der Waals surface area contributed by atoms with Crippen LogP contribution in [0.4, 0.5) is 0 Å². The zero-order chi connectivity index (χ0) is 17.0. The molecule has 0 aliphatic rings. The van der Waals surface area contributed by atoms with Crippen LogP contribution in [0.2, 0.25) is 0 Å². The van der Waals surface area contributed by atoms with Gasteiger partial charge in [0.05, 0.1) is 5.69 Å². The van der Waals surface area contributed by atoms with Gasteiger partial charge in [-0.1, -0.05) is 24.3 Å². The second-order valence-corrected chi connectivity index (χ2v) is 5.05. The van der Waals surface area contributed by atoms with Crippen molar-refractivity contribution in [3.63, 3.8) is 0 Å². The van der Waals surface area contributed by atoms with E-state index in [1.54, 1.807) is 24.4 Å². The highest BCUT2D eigenvalue weighted by molar-refractivity contribution is 6.38. The molecule has 3 N–H and O–H groups in total. The smallest absolute Gasteiger partial charge is 0.376 e. The van der Waals surface area contributed by atoms with Crippen LogP contribution in [-0.2, 0) is 16.0 Å². The van der Waals surface area contributed by atoms with Crippen LogP contribution >= 0.6 is 0 Å². The molecule has 0 spiro atoms. The molecule has 0 bridgehead atoms. The monoisotopic (exact) mass is 313 g/mol. The van der Waals surface area contributed by atoms with Crippen molar-refractivity contribution in [1.82, 2.24) is 4.98 Å². The van der Waals surface area contributed by atoms with Gasteiger partial charge < -0.3 is 15.2 Å². The number of carbonyl (C=O) groups excluding carboxylic acids is 2. The number of nitrogens with one attached hydrogen (secondary N) is 1. The second-order valence-electron chi connectivity index (χ2n) is 5.05. The van der Waals surface area contributed by atoms with E-state index in [2.05, 4.69) is 4.98 Å². The van der Waals surface area contributed by atoms with Crippen molar-refractivity contribution in [1.29, 1.82) is 0 Å². The third-order valence-corrected chi connectivity index (χ3v) is 3.27. The van der Waals surface area contributed by atoms with Crippen molar-refractivity contribution in [2.24, 2.45) is 0 Å². The van der Waals surface area contributed by atoms with Gasteiger partial charge in [0.25, 0.3) is 5.78 Å². The van der Waals surface area contributed by atoms with Crippen LogP contribution in [0.1, 0.15) is 34.1 Å². The molecule has 0 aliphatic carbocycles. The lowest BCUT2D eigenvalue weighted by Crippen LogP contribution is -2.09. The van der Waals surface area contributed by atoms with E-state index in [0.29, 0.717) is 18.1 Å². The van der Waals surface area contributed by atoms with Crippen molar-refractivity contribution in [3.05, 3.63) is 65.0 Å². The first-order valence-electron chi connectivity index (χ1n) is 6.82. The minimum atomic E-state index is -1.63. The number of H-pyrrole nitrogens is 1. The largest absolute Gasteiger partial charge is 0.506 e. The van der Waals surface area contributed by atoms with Gasteiger partial charge in [-0.3, -0.25) is 9.59 Å². The van der Waals surface area contributed by atoms with Gasteiger partial charge in [0, 0.05) is 17.8 Å². The molecule has 1 aromatic heterocycles. The molecule has 0 amide bonds. The van der Waals surface area contributed by atoms with Crippen LogP contribution in [0.3, 0.4) is 0 Å². The van der Waals surface area contributed by atoms with E-state index in [1.807, 2.05) is 12.1 Å². The number of carbonyl (C=O) groups is 3. The number of ketones is 2. The predicted molar refractivity (Wildman–Crippen MR) is 83.3 cm³/mol. The Labute approximate surface area is 132 Å². The van der Waals surface area contributed by atoms with E-state index in [0.717, 1.165) is 11.1 Å². The average molecular weight is 313 g/mol. The normalized spacial score (nSPS) is 11.3. The molecular formula is C17H15NO5. The number of aromatic amines is 1. The Morgan fingerprint density at radius 2 is 1.74 bits per heavy atom. The topological polar surface area (TPSA) is 107 Å². The number of aliphatic hydroxyl groups is 1. The number of Topliss-reactive ketones (excluding diaryl/α,β-unsaturated/α-hetero) is 1. The molecule has 0 aliphatic heterocycles. The van der Waals surface area contributed by atoms with Gasteiger partial charge in [-0.05, 0) is 30.5 Å². The summed E-state index contributed by atoms with van der Waals surface area (Å²) in [5.74, 6) is -3.26. The fourth-order valence-electron chi connectivity index (χ4n) is 2.05. The first-order chi connectivity index (χ1) is 10.9. The van der Waals surface area contributed by atoms with E-state index in [9.17, 15) is 19.5 Å². The summed E-state index contributed by atoms with van der Waals surface area (Å²) in [5, 5.41) is 18.2. The molecule has 23 heavy (non-hydrogen) atoms. The van der Waals surface area contributed by atoms with E-state index in [-0.39, 0.29) is 11.5 Å². The highest BCUT2D eigenvalue weighted by atomic mass is 16.4. The van der Waals surface area contributed by atoms with Crippen LogP contribution in [0.25, 0.3) is 5.76 Å². The summed E-state index contributed by atoms with van der Waals surface area (Å²) in [7, 11) is 0. The van der Waals surface area contributed by atoms with Gasteiger partial charge in [0.2, 0.25) is 0 Å². The fraction of sp³-hybridized carbons (Fsp3) is 0.118. The van der Waals surface area contributed by atoms with Gasteiger partial charge in [0.15, 0.2) is 5.78 Å². The van der Waals surface area contributed by atoms with Crippen LogP contribution in [0.15, 0.2) is 42.6 Å². The van der Waals surface area contributed by atoms with Crippen molar-refractivity contribution >= 4 is 23.3 Å². The summed E-state index contributed by atoms with van der Waals surface area (Å²) in [6.07, 6.45) is 2.87. The summed E-state index contributed by atoms with van der Waals surface area (Å²) < 4.78 is 0. The summed E-state index contributed by atoms with van der Waals surface area (Å²) in [6, 6.07) is 8.79. The lowest BCUT2D eigenvalue weighted by atomic mass is 10.0. The van der Waals surface area contributed by atoms with E-state index in [4.69, 9.17) is 5.11 Å². The van der Waals surface area contributed by atoms with E-state index < -0.39 is 17.5 Å². The maximum absolute atomic E-state index is 11.2. The molecule has 1 aromatic carbocycles. The Morgan fingerprint density at radius 3 is 2.30 bits per heavy atom. The second kappa shape index (κ2) is 6.74. The number of carboxylic acid groups (broad SMARTS) is 1.